The van der Waals surface area contributed by atoms with Crippen LogP contribution in [0.1, 0.15) is 46.5 Å². The molecule has 16 heavy (non-hydrogen) atoms. The van der Waals surface area contributed by atoms with Gasteiger partial charge in [0.1, 0.15) is 5.60 Å². The number of hydrogen-bond acceptors (Lipinski definition) is 3. The number of alkyl carbamates (subject to hydrolysis) is 1. The molecule has 2 unspecified atom stereocenters. The summed E-state index contributed by atoms with van der Waals surface area (Å²) in [5, 5.41) is 2.80. The van der Waals surface area contributed by atoms with Gasteiger partial charge in [-0.3, -0.25) is 0 Å². The lowest BCUT2D eigenvalue weighted by Gasteiger charge is -2.29. The minimum Gasteiger partial charge on any atom is -0.444 e. The zero-order chi connectivity index (χ0) is 12.2. The van der Waals surface area contributed by atoms with Gasteiger partial charge in [-0.15, -0.1) is 0 Å². The predicted molar refractivity (Wildman–Crippen MR) is 64.2 cm³/mol. The van der Waals surface area contributed by atoms with Gasteiger partial charge in [-0.05, 0) is 39.5 Å². The highest BCUT2D eigenvalue weighted by Crippen LogP contribution is 2.22. The summed E-state index contributed by atoms with van der Waals surface area (Å²) >= 11 is 0. The number of nitrogens with two attached hydrogens (primary N) is 1. The van der Waals surface area contributed by atoms with Crippen LogP contribution in [0.15, 0.2) is 0 Å². The van der Waals surface area contributed by atoms with Crippen molar-refractivity contribution in [2.24, 2.45) is 11.7 Å². The van der Waals surface area contributed by atoms with Crippen molar-refractivity contribution in [3.05, 3.63) is 0 Å². The topological polar surface area (TPSA) is 64.3 Å². The summed E-state index contributed by atoms with van der Waals surface area (Å²) in [5.74, 6) is 0.404. The summed E-state index contributed by atoms with van der Waals surface area (Å²) in [6.45, 7) is 6.22. The smallest absolute Gasteiger partial charge is 0.407 e. The second-order valence-electron chi connectivity index (χ2n) is 5.59. The lowest BCUT2D eigenvalue weighted by atomic mass is 9.85. The Hall–Kier alpha value is -0.770. The first-order valence-electron chi connectivity index (χ1n) is 6.11. The lowest BCUT2D eigenvalue weighted by Crippen LogP contribution is -2.42. The van der Waals surface area contributed by atoms with E-state index < -0.39 is 5.60 Å². The molecule has 0 aliphatic heterocycles. The summed E-state index contributed by atoms with van der Waals surface area (Å²) in [5.41, 5.74) is 5.57. The molecule has 1 rings (SSSR count). The largest absolute Gasteiger partial charge is 0.444 e. The Kier molecular flexibility index (Phi) is 4.59. The minimum atomic E-state index is -0.432. The molecule has 1 aliphatic rings. The highest BCUT2D eigenvalue weighted by molar-refractivity contribution is 5.67. The Balaban J connectivity index is 2.25. The number of nitrogens with one attached hydrogen (secondary N) is 1. The summed E-state index contributed by atoms with van der Waals surface area (Å²) in [7, 11) is 0. The molecule has 94 valence electrons. The van der Waals surface area contributed by atoms with Crippen molar-refractivity contribution in [2.75, 3.05) is 6.54 Å². The molecule has 4 heteroatoms. The van der Waals surface area contributed by atoms with Crippen LogP contribution in [0.5, 0.6) is 0 Å². The summed E-state index contributed by atoms with van der Waals surface area (Å²) < 4.78 is 5.17. The normalized spacial score (nSPS) is 26.2. The Morgan fingerprint density at radius 1 is 1.38 bits per heavy atom. The standard InChI is InChI=1S/C12H24N2O2/c1-12(2,3)16-11(15)14-8-9-6-4-5-7-10(9)13/h9-10H,4-8,13H2,1-3H3,(H,14,15). The average molecular weight is 228 g/mol. The van der Waals surface area contributed by atoms with Gasteiger partial charge >= 0.3 is 6.09 Å². The van der Waals surface area contributed by atoms with Crippen LogP contribution in [0.3, 0.4) is 0 Å². The molecule has 4 nitrogen and oxygen atoms in total. The van der Waals surface area contributed by atoms with E-state index in [0.717, 1.165) is 12.8 Å². The van der Waals surface area contributed by atoms with E-state index in [1.807, 2.05) is 20.8 Å². The molecule has 3 N–H and O–H groups in total. The third-order valence-corrected chi connectivity index (χ3v) is 2.88. The maximum atomic E-state index is 11.4. The van der Waals surface area contributed by atoms with Crippen LogP contribution < -0.4 is 11.1 Å². The number of ether oxygens (including phenoxy) is 1. The first kappa shape index (κ1) is 13.3. The van der Waals surface area contributed by atoms with Crippen LogP contribution in [-0.4, -0.2) is 24.3 Å². The Labute approximate surface area is 97.9 Å². The van der Waals surface area contributed by atoms with E-state index in [2.05, 4.69) is 5.32 Å². The first-order valence-corrected chi connectivity index (χ1v) is 6.11. The molecule has 0 saturated heterocycles. The van der Waals surface area contributed by atoms with E-state index in [9.17, 15) is 4.79 Å². The van der Waals surface area contributed by atoms with Crippen LogP contribution in [0.2, 0.25) is 0 Å². The Bertz CT molecular complexity index is 236. The van der Waals surface area contributed by atoms with Gasteiger partial charge < -0.3 is 15.8 Å². The van der Waals surface area contributed by atoms with Crippen LogP contribution >= 0.6 is 0 Å². The number of carbonyl (C=O) groups excluding carboxylic acids is 1. The zero-order valence-electron chi connectivity index (χ0n) is 10.6. The van der Waals surface area contributed by atoms with Gasteiger partial charge in [0.05, 0.1) is 0 Å². The third kappa shape index (κ3) is 4.84. The lowest BCUT2D eigenvalue weighted by molar-refractivity contribution is 0.0513. The van der Waals surface area contributed by atoms with E-state index in [4.69, 9.17) is 10.5 Å². The Morgan fingerprint density at radius 2 is 2.00 bits per heavy atom. The van der Waals surface area contributed by atoms with Crippen molar-refractivity contribution in [2.45, 2.75) is 58.1 Å². The molecule has 1 amide bonds. The zero-order valence-corrected chi connectivity index (χ0v) is 10.6. The summed E-state index contributed by atoms with van der Waals surface area (Å²) in [6, 6.07) is 0.226. The van der Waals surface area contributed by atoms with Crippen LogP contribution in [0, 0.1) is 5.92 Å². The molecule has 1 fully saturated rings. The fraction of sp³-hybridized carbons (Fsp3) is 0.917. The van der Waals surface area contributed by atoms with E-state index in [1.54, 1.807) is 0 Å². The SMILES string of the molecule is CC(C)(C)OC(=O)NCC1CCCCC1N. The number of amides is 1. The number of carbonyl (C=O) groups is 1. The van der Waals surface area contributed by atoms with Crippen molar-refractivity contribution >= 4 is 6.09 Å². The number of hydrogen-bond donors (Lipinski definition) is 2. The molecular formula is C12H24N2O2. The summed E-state index contributed by atoms with van der Waals surface area (Å²) in [4.78, 5) is 11.4. The van der Waals surface area contributed by atoms with Gasteiger partial charge in [-0.1, -0.05) is 12.8 Å². The van der Waals surface area contributed by atoms with Gasteiger partial charge in [0.2, 0.25) is 0 Å². The monoisotopic (exact) mass is 228 g/mol. The number of rotatable bonds is 2. The van der Waals surface area contributed by atoms with Crippen molar-refractivity contribution < 1.29 is 9.53 Å². The van der Waals surface area contributed by atoms with Crippen LogP contribution in [0.4, 0.5) is 4.79 Å². The first-order chi connectivity index (χ1) is 7.38. The molecule has 0 radical (unpaired) electrons. The van der Waals surface area contributed by atoms with Crippen molar-refractivity contribution in [3.8, 4) is 0 Å². The van der Waals surface area contributed by atoms with E-state index in [1.165, 1.54) is 12.8 Å². The highest BCUT2D eigenvalue weighted by Gasteiger charge is 2.23. The molecule has 0 heterocycles. The quantitative estimate of drug-likeness (QED) is 0.760. The molecular weight excluding hydrogens is 204 g/mol. The third-order valence-electron chi connectivity index (χ3n) is 2.88. The second kappa shape index (κ2) is 5.53. The van der Waals surface area contributed by atoms with Crippen molar-refractivity contribution in [3.63, 3.8) is 0 Å². The van der Waals surface area contributed by atoms with Gasteiger partial charge in [0, 0.05) is 12.6 Å². The molecule has 0 aromatic rings. The van der Waals surface area contributed by atoms with E-state index in [0.29, 0.717) is 12.5 Å². The minimum absolute atomic E-state index is 0.226. The predicted octanol–water partition coefficient (Wildman–Crippen LogP) is 2.03. The van der Waals surface area contributed by atoms with Crippen molar-refractivity contribution in [1.82, 2.24) is 5.32 Å². The second-order valence-corrected chi connectivity index (χ2v) is 5.59. The maximum Gasteiger partial charge on any atom is 0.407 e. The molecule has 1 saturated carbocycles. The molecule has 0 aromatic heterocycles. The molecule has 0 aromatic carbocycles. The maximum absolute atomic E-state index is 11.4. The average Bonchev–Trinajstić information content (AvgIpc) is 2.14. The van der Waals surface area contributed by atoms with Crippen molar-refractivity contribution in [1.29, 1.82) is 0 Å². The molecule has 0 spiro atoms. The van der Waals surface area contributed by atoms with Gasteiger partial charge in [-0.25, -0.2) is 4.79 Å². The van der Waals surface area contributed by atoms with Gasteiger partial charge in [-0.2, -0.15) is 0 Å². The Morgan fingerprint density at radius 3 is 2.56 bits per heavy atom. The fourth-order valence-electron chi connectivity index (χ4n) is 2.02. The molecule has 2 atom stereocenters. The molecule has 1 aliphatic carbocycles. The van der Waals surface area contributed by atoms with E-state index >= 15 is 0 Å². The van der Waals surface area contributed by atoms with E-state index in [-0.39, 0.29) is 12.1 Å². The van der Waals surface area contributed by atoms with Gasteiger partial charge in [0.15, 0.2) is 0 Å². The van der Waals surface area contributed by atoms with Crippen LogP contribution in [-0.2, 0) is 4.74 Å². The van der Waals surface area contributed by atoms with Gasteiger partial charge in [0.25, 0.3) is 0 Å². The fourth-order valence-corrected chi connectivity index (χ4v) is 2.02. The summed E-state index contributed by atoms with van der Waals surface area (Å²) in [6.07, 6.45) is 4.26. The highest BCUT2D eigenvalue weighted by atomic mass is 16.6. The van der Waals surface area contributed by atoms with Crippen LogP contribution in [0.25, 0.3) is 0 Å². The molecule has 0 bridgehead atoms.